The third kappa shape index (κ3) is 2.96. The maximum Gasteiger partial charge on any atom is 0.419 e. The molecule has 3 rings (SSSR count). The van der Waals surface area contributed by atoms with E-state index in [1.165, 1.54) is 4.57 Å². The van der Waals surface area contributed by atoms with Gasteiger partial charge in [-0.1, -0.05) is 0 Å². The Labute approximate surface area is 131 Å². The van der Waals surface area contributed by atoms with Gasteiger partial charge in [-0.3, -0.25) is 14.0 Å². The van der Waals surface area contributed by atoms with Crippen molar-refractivity contribution in [1.29, 1.82) is 0 Å². The molecule has 1 aromatic carbocycles. The number of nitrogens with zero attached hydrogens (tertiary/aromatic N) is 3. The number of aryl methyl sites for hydroxylation is 3. The van der Waals surface area contributed by atoms with Crippen LogP contribution in [0.2, 0.25) is 0 Å². The van der Waals surface area contributed by atoms with Gasteiger partial charge in [-0.25, -0.2) is 4.79 Å². The molecule has 1 amide bonds. The van der Waals surface area contributed by atoms with Crippen LogP contribution in [0.25, 0.3) is 11.1 Å². The van der Waals surface area contributed by atoms with Gasteiger partial charge in [-0.15, -0.1) is 0 Å². The van der Waals surface area contributed by atoms with E-state index in [1.807, 2.05) is 6.92 Å². The minimum atomic E-state index is -0.415. The van der Waals surface area contributed by atoms with E-state index >= 15 is 0 Å². The van der Waals surface area contributed by atoms with Crippen LogP contribution in [0.5, 0.6) is 0 Å². The first kappa shape index (κ1) is 14.9. The van der Waals surface area contributed by atoms with E-state index in [0.717, 1.165) is 11.4 Å². The van der Waals surface area contributed by atoms with Crippen LogP contribution in [0.15, 0.2) is 33.5 Å². The van der Waals surface area contributed by atoms with Crippen molar-refractivity contribution in [2.24, 2.45) is 14.1 Å². The third-order valence-electron chi connectivity index (χ3n) is 3.51. The summed E-state index contributed by atoms with van der Waals surface area (Å²) in [6.45, 7) is 1.96. The van der Waals surface area contributed by atoms with E-state index in [-0.39, 0.29) is 12.5 Å². The van der Waals surface area contributed by atoms with Crippen molar-refractivity contribution in [2.75, 3.05) is 17.2 Å². The zero-order valence-corrected chi connectivity index (χ0v) is 13.1. The van der Waals surface area contributed by atoms with Crippen molar-refractivity contribution >= 4 is 28.5 Å². The van der Waals surface area contributed by atoms with E-state index < -0.39 is 5.76 Å². The topological polar surface area (TPSA) is 94.1 Å². The quantitative estimate of drug-likeness (QED) is 0.755. The minimum Gasteiger partial charge on any atom is -0.408 e. The molecule has 0 saturated heterocycles. The number of benzene rings is 1. The van der Waals surface area contributed by atoms with Gasteiger partial charge in [0.15, 0.2) is 5.58 Å². The molecule has 0 fully saturated rings. The summed E-state index contributed by atoms with van der Waals surface area (Å²) in [7, 11) is 3.40. The highest BCUT2D eigenvalue weighted by molar-refractivity contribution is 5.93. The Morgan fingerprint density at radius 1 is 1.30 bits per heavy atom. The molecular weight excluding hydrogens is 298 g/mol. The largest absolute Gasteiger partial charge is 0.419 e. The van der Waals surface area contributed by atoms with Crippen molar-refractivity contribution in [1.82, 2.24) is 14.3 Å². The fraction of sp³-hybridized carbons (Fsp3) is 0.267. The first-order chi connectivity index (χ1) is 10.9. The number of fused-ring (bicyclic) bond motifs is 1. The maximum atomic E-state index is 12.0. The molecule has 0 aliphatic heterocycles. The van der Waals surface area contributed by atoms with Gasteiger partial charge in [0, 0.05) is 25.8 Å². The predicted octanol–water partition coefficient (Wildman–Crippen LogP) is 1.22. The van der Waals surface area contributed by atoms with E-state index in [2.05, 4.69) is 15.7 Å². The van der Waals surface area contributed by atoms with Crippen molar-refractivity contribution in [2.45, 2.75) is 6.92 Å². The van der Waals surface area contributed by atoms with E-state index in [4.69, 9.17) is 4.42 Å². The summed E-state index contributed by atoms with van der Waals surface area (Å²) < 4.78 is 8.09. The first-order valence-electron chi connectivity index (χ1n) is 7.08. The molecular formula is C15H17N5O3. The molecule has 3 aromatic rings. The number of rotatable bonds is 4. The fourth-order valence-electron chi connectivity index (χ4n) is 2.33. The highest BCUT2D eigenvalue weighted by atomic mass is 16.4. The average Bonchev–Trinajstić information content (AvgIpc) is 2.97. The number of amides is 1. The van der Waals surface area contributed by atoms with Gasteiger partial charge in [0.05, 0.1) is 17.8 Å². The SMILES string of the molecule is Cc1cc(NC(=O)CNc2ccc3oc(=O)n(C)c3c2)n(C)n1. The second kappa shape index (κ2) is 5.64. The number of carbonyl (C=O) groups excluding carboxylic acids is 1. The molecule has 0 radical (unpaired) electrons. The van der Waals surface area contributed by atoms with Gasteiger partial charge < -0.3 is 15.1 Å². The molecule has 23 heavy (non-hydrogen) atoms. The first-order valence-corrected chi connectivity index (χ1v) is 7.08. The summed E-state index contributed by atoms with van der Waals surface area (Å²) >= 11 is 0. The lowest BCUT2D eigenvalue weighted by Gasteiger charge is -2.08. The predicted molar refractivity (Wildman–Crippen MR) is 86.5 cm³/mol. The summed E-state index contributed by atoms with van der Waals surface area (Å²) in [5.41, 5.74) is 2.74. The van der Waals surface area contributed by atoms with Gasteiger partial charge in [-0.05, 0) is 25.1 Å². The minimum absolute atomic E-state index is 0.0987. The molecule has 2 heterocycles. The Kier molecular flexibility index (Phi) is 3.65. The Balaban J connectivity index is 1.68. The maximum absolute atomic E-state index is 12.0. The molecule has 2 aromatic heterocycles. The number of anilines is 2. The number of oxazole rings is 1. The lowest BCUT2D eigenvalue weighted by atomic mass is 10.3. The van der Waals surface area contributed by atoms with Crippen LogP contribution in [0.3, 0.4) is 0 Å². The molecule has 0 bridgehead atoms. The van der Waals surface area contributed by atoms with E-state index in [0.29, 0.717) is 16.9 Å². The molecule has 0 atom stereocenters. The number of hydrogen-bond acceptors (Lipinski definition) is 5. The smallest absolute Gasteiger partial charge is 0.408 e. The fourth-order valence-corrected chi connectivity index (χ4v) is 2.33. The summed E-state index contributed by atoms with van der Waals surface area (Å²) in [5.74, 6) is 0.0395. The molecule has 8 nitrogen and oxygen atoms in total. The lowest BCUT2D eigenvalue weighted by Crippen LogP contribution is -2.23. The molecule has 0 unspecified atom stereocenters. The molecule has 0 saturated carbocycles. The van der Waals surface area contributed by atoms with Crippen LogP contribution in [0.1, 0.15) is 5.69 Å². The monoisotopic (exact) mass is 315 g/mol. The van der Waals surface area contributed by atoms with Gasteiger partial charge in [0.2, 0.25) is 5.91 Å². The molecule has 2 N–H and O–H groups in total. The Bertz CT molecular complexity index is 934. The van der Waals surface area contributed by atoms with E-state index in [9.17, 15) is 9.59 Å². The number of hydrogen-bond donors (Lipinski definition) is 2. The summed E-state index contributed by atoms with van der Waals surface area (Å²) in [6.07, 6.45) is 0. The number of carbonyl (C=O) groups is 1. The summed E-state index contributed by atoms with van der Waals surface area (Å²) in [6, 6.07) is 7.02. The number of aromatic nitrogens is 3. The molecule has 0 aliphatic carbocycles. The average molecular weight is 315 g/mol. The van der Waals surface area contributed by atoms with Crippen LogP contribution in [0, 0.1) is 6.92 Å². The van der Waals surface area contributed by atoms with Crippen molar-refractivity contribution in [3.05, 3.63) is 40.5 Å². The zero-order valence-electron chi connectivity index (χ0n) is 13.1. The van der Waals surface area contributed by atoms with E-state index in [1.54, 1.807) is 43.0 Å². The number of nitrogens with one attached hydrogen (secondary N) is 2. The molecule has 8 heteroatoms. The molecule has 120 valence electrons. The van der Waals surface area contributed by atoms with Crippen LogP contribution in [-0.4, -0.2) is 26.8 Å². The van der Waals surface area contributed by atoms with Gasteiger partial charge in [-0.2, -0.15) is 5.10 Å². The normalized spacial score (nSPS) is 10.9. The van der Waals surface area contributed by atoms with Gasteiger partial charge in [0.25, 0.3) is 0 Å². The standard InChI is InChI=1S/C15H17N5O3/c1-9-6-13(20(3)18-9)17-14(21)8-16-10-4-5-12-11(7-10)19(2)15(22)23-12/h4-7,16H,8H2,1-3H3,(H,17,21). The van der Waals surface area contributed by atoms with Crippen molar-refractivity contribution < 1.29 is 9.21 Å². The zero-order chi connectivity index (χ0) is 16.6. The highest BCUT2D eigenvalue weighted by Crippen LogP contribution is 2.17. The lowest BCUT2D eigenvalue weighted by molar-refractivity contribution is -0.114. The van der Waals surface area contributed by atoms with Crippen LogP contribution in [-0.2, 0) is 18.9 Å². The van der Waals surface area contributed by atoms with Crippen LogP contribution < -0.4 is 16.4 Å². The summed E-state index contributed by atoms with van der Waals surface area (Å²) in [5, 5.41) is 9.97. The third-order valence-corrected chi connectivity index (χ3v) is 3.51. The van der Waals surface area contributed by atoms with Gasteiger partial charge >= 0.3 is 5.76 Å². The summed E-state index contributed by atoms with van der Waals surface area (Å²) in [4.78, 5) is 23.4. The highest BCUT2D eigenvalue weighted by Gasteiger charge is 2.09. The van der Waals surface area contributed by atoms with Crippen molar-refractivity contribution in [3.63, 3.8) is 0 Å². The van der Waals surface area contributed by atoms with Crippen molar-refractivity contribution in [3.8, 4) is 0 Å². The van der Waals surface area contributed by atoms with Crippen LogP contribution >= 0.6 is 0 Å². The Morgan fingerprint density at radius 3 is 2.78 bits per heavy atom. The second-order valence-electron chi connectivity index (χ2n) is 5.31. The molecule has 0 spiro atoms. The Hall–Kier alpha value is -3.03. The second-order valence-corrected chi connectivity index (χ2v) is 5.31. The molecule has 0 aliphatic rings. The van der Waals surface area contributed by atoms with Gasteiger partial charge in [0.1, 0.15) is 5.82 Å². The van der Waals surface area contributed by atoms with Crippen LogP contribution in [0.4, 0.5) is 11.5 Å². The Morgan fingerprint density at radius 2 is 2.09 bits per heavy atom.